The van der Waals surface area contributed by atoms with Crippen molar-refractivity contribution in [2.45, 2.75) is 36.0 Å². The fourth-order valence-electron chi connectivity index (χ4n) is 3.57. The van der Waals surface area contributed by atoms with E-state index in [2.05, 4.69) is 20.4 Å². The number of thioether (sulfide) groups is 2. The van der Waals surface area contributed by atoms with E-state index in [0.717, 1.165) is 16.2 Å². The Morgan fingerprint density at radius 1 is 1.32 bits per heavy atom. The predicted molar refractivity (Wildman–Crippen MR) is 146 cm³/mol. The zero-order valence-electron chi connectivity index (χ0n) is 21.4. The van der Waals surface area contributed by atoms with E-state index < -0.39 is 40.8 Å². The normalized spacial score (nSPS) is 19.1. The zero-order chi connectivity index (χ0) is 29.4. The lowest BCUT2D eigenvalue weighted by molar-refractivity contribution is -0.713. The maximum Gasteiger partial charge on any atom is 0.361 e. The first-order valence-corrected chi connectivity index (χ1v) is 14.4. The largest absolute Gasteiger partial charge is 0.478 e. The molecule has 18 heteroatoms. The Labute approximate surface area is 239 Å². The topological polar surface area (TPSA) is 227 Å². The van der Waals surface area contributed by atoms with Gasteiger partial charge in [-0.3, -0.25) is 14.5 Å². The lowest BCUT2D eigenvalue weighted by atomic mass is 10.0. The molecule has 0 bridgehead atoms. The van der Waals surface area contributed by atoms with Gasteiger partial charge >= 0.3 is 17.1 Å². The van der Waals surface area contributed by atoms with Gasteiger partial charge in [-0.25, -0.2) is 19.1 Å². The summed E-state index contributed by atoms with van der Waals surface area (Å²) in [7, 11) is 1.78. The van der Waals surface area contributed by atoms with Crippen LogP contribution in [0.25, 0.3) is 0 Å². The maximum atomic E-state index is 13.2. The summed E-state index contributed by atoms with van der Waals surface area (Å²) in [6.45, 7) is 2.49. The summed E-state index contributed by atoms with van der Waals surface area (Å²) in [6, 6.07) is 0.571. The number of carboxylic acids is 2. The molecule has 7 N–H and O–H groups in total. The number of carboxylic acid groups (broad SMARTS) is 2. The average Bonchev–Trinajstić information content (AvgIpc) is 3.32. The SMILES string of the molecule is C[n+]1ccc(N)nc1SCC1=C(C(=O)O)N2C(=O)C(NC(=O)/C(=N\OC(C)(C)C(=O)O)c3csc(N)n3)C2SC1. The van der Waals surface area contributed by atoms with Crippen LogP contribution in [0.4, 0.5) is 10.9 Å². The number of fused-ring (bicyclic) bond motifs is 1. The number of hydrogen-bond acceptors (Lipinski definition) is 13. The molecule has 2 aliphatic heterocycles. The number of carbonyl (C=O) groups is 4. The van der Waals surface area contributed by atoms with Crippen LogP contribution in [-0.4, -0.2) is 83.1 Å². The summed E-state index contributed by atoms with van der Waals surface area (Å²) in [4.78, 5) is 64.4. The van der Waals surface area contributed by atoms with Crippen LogP contribution in [0, 0.1) is 0 Å². The number of nitrogens with zero attached hydrogens (tertiary/aromatic N) is 5. The minimum Gasteiger partial charge on any atom is -0.478 e. The van der Waals surface area contributed by atoms with Crippen LogP contribution in [-0.2, 0) is 31.1 Å². The van der Waals surface area contributed by atoms with E-state index in [1.165, 1.54) is 42.8 Å². The number of thiazole rings is 1. The molecule has 4 rings (SSSR count). The van der Waals surface area contributed by atoms with Gasteiger partial charge < -0.3 is 31.8 Å². The average molecular weight is 610 g/mol. The van der Waals surface area contributed by atoms with Gasteiger partial charge in [0.1, 0.15) is 22.8 Å². The lowest BCUT2D eigenvalue weighted by Gasteiger charge is -2.49. The summed E-state index contributed by atoms with van der Waals surface area (Å²) >= 11 is 3.60. The van der Waals surface area contributed by atoms with Crippen LogP contribution in [0.2, 0.25) is 0 Å². The molecule has 0 spiro atoms. The van der Waals surface area contributed by atoms with Gasteiger partial charge in [0, 0.05) is 23.0 Å². The van der Waals surface area contributed by atoms with Crippen molar-refractivity contribution in [3.8, 4) is 0 Å². The molecule has 0 aromatic carbocycles. The Kier molecular flexibility index (Phi) is 8.22. The van der Waals surface area contributed by atoms with Gasteiger partial charge in [-0.15, -0.1) is 23.1 Å². The van der Waals surface area contributed by atoms with E-state index in [0.29, 0.717) is 22.3 Å². The molecule has 212 valence electrons. The van der Waals surface area contributed by atoms with Crippen molar-refractivity contribution in [1.29, 1.82) is 0 Å². The van der Waals surface area contributed by atoms with E-state index in [4.69, 9.17) is 16.3 Å². The second-order valence-corrected chi connectivity index (χ2v) is 12.0. The van der Waals surface area contributed by atoms with E-state index >= 15 is 0 Å². The number of nitrogen functional groups attached to an aromatic ring is 2. The Morgan fingerprint density at radius 2 is 2.05 bits per heavy atom. The highest BCUT2D eigenvalue weighted by atomic mass is 32.2. The molecule has 2 atom stereocenters. The van der Waals surface area contributed by atoms with Gasteiger partial charge in [0.15, 0.2) is 10.8 Å². The van der Waals surface area contributed by atoms with Crippen molar-refractivity contribution in [1.82, 2.24) is 20.2 Å². The van der Waals surface area contributed by atoms with Crippen molar-refractivity contribution in [2.75, 3.05) is 23.0 Å². The van der Waals surface area contributed by atoms with Crippen molar-refractivity contribution < 1.29 is 38.8 Å². The first-order chi connectivity index (χ1) is 18.8. The van der Waals surface area contributed by atoms with Crippen molar-refractivity contribution in [3.63, 3.8) is 0 Å². The number of hydrogen-bond donors (Lipinski definition) is 5. The summed E-state index contributed by atoms with van der Waals surface area (Å²) in [6.07, 6.45) is 1.74. The molecule has 4 heterocycles. The number of anilines is 2. The van der Waals surface area contributed by atoms with Crippen LogP contribution in [0.5, 0.6) is 0 Å². The number of amides is 2. The summed E-state index contributed by atoms with van der Waals surface area (Å²) < 4.78 is 1.75. The molecule has 1 fully saturated rings. The number of aliphatic carboxylic acids is 2. The monoisotopic (exact) mass is 609 g/mol. The Bertz CT molecular complexity index is 1460. The Balaban J connectivity index is 1.53. The summed E-state index contributed by atoms with van der Waals surface area (Å²) in [5.74, 6) is -3.21. The first-order valence-electron chi connectivity index (χ1n) is 11.5. The molecule has 40 heavy (non-hydrogen) atoms. The van der Waals surface area contributed by atoms with E-state index in [-0.39, 0.29) is 28.0 Å². The van der Waals surface area contributed by atoms with E-state index in [9.17, 15) is 29.4 Å². The molecule has 0 radical (unpaired) electrons. The third kappa shape index (κ3) is 5.82. The number of rotatable bonds is 10. The first kappa shape index (κ1) is 29.1. The summed E-state index contributed by atoms with van der Waals surface area (Å²) in [5.41, 5.74) is 9.68. The molecule has 2 amide bonds. The number of nitrogens with two attached hydrogens (primary N) is 2. The highest BCUT2D eigenvalue weighted by Gasteiger charge is 2.54. The third-order valence-electron chi connectivity index (χ3n) is 5.77. The standard InChI is InChI=1S/C22H24N8O7S3/c1-22(2,19(35)36)37-28-12(10-8-39-20(24)25-10)15(31)27-13-16(32)30-14(18(33)34)9(6-38-17(13)30)7-40-21-26-11(23)4-5-29(21)3/h4-5,8,13,17,23H,6-7H2,1-3H3,(H5,24,25,27,31,33,34,35,36)/p+1/b28-12-. The van der Waals surface area contributed by atoms with E-state index in [1.54, 1.807) is 23.9 Å². The van der Waals surface area contributed by atoms with Crippen LogP contribution in [0.1, 0.15) is 19.5 Å². The van der Waals surface area contributed by atoms with Crippen molar-refractivity contribution in [2.24, 2.45) is 12.2 Å². The number of β-lactam (4-membered cyclic amide) rings is 1. The molecule has 2 aromatic rings. The zero-order valence-corrected chi connectivity index (χ0v) is 23.8. The van der Waals surface area contributed by atoms with Crippen LogP contribution in [0.3, 0.4) is 0 Å². The van der Waals surface area contributed by atoms with Gasteiger partial charge in [-0.05, 0) is 36.2 Å². The van der Waals surface area contributed by atoms with Gasteiger partial charge in [0.05, 0.1) is 13.2 Å². The molecule has 15 nitrogen and oxygen atoms in total. The van der Waals surface area contributed by atoms with Crippen molar-refractivity contribution >= 4 is 75.3 Å². The number of carbonyl (C=O) groups excluding carboxylic acids is 2. The molecule has 0 saturated carbocycles. The quantitative estimate of drug-likeness (QED) is 0.0580. The molecule has 1 saturated heterocycles. The second kappa shape index (κ2) is 11.3. The summed E-state index contributed by atoms with van der Waals surface area (Å²) in [5, 5.41) is 27.0. The highest BCUT2D eigenvalue weighted by Crippen LogP contribution is 2.41. The molecule has 2 aromatic heterocycles. The molecular formula is C22H25N8O7S3+. The number of aryl methyl sites for hydroxylation is 1. The molecule has 0 aliphatic carbocycles. The van der Waals surface area contributed by atoms with Crippen LogP contribution in [0.15, 0.2) is 39.2 Å². The maximum absolute atomic E-state index is 13.2. The number of aromatic nitrogens is 3. The Hall–Kier alpha value is -3.90. The minimum absolute atomic E-state index is 0.0230. The number of oxime groups is 1. The van der Waals surface area contributed by atoms with E-state index in [1.807, 2.05) is 0 Å². The Morgan fingerprint density at radius 3 is 2.67 bits per heavy atom. The lowest BCUT2D eigenvalue weighted by Crippen LogP contribution is -2.71. The number of nitrogens with one attached hydrogen (secondary N) is 1. The third-order valence-corrected chi connectivity index (χ3v) is 8.91. The van der Waals surface area contributed by atoms with Crippen LogP contribution >= 0.6 is 34.9 Å². The smallest absolute Gasteiger partial charge is 0.361 e. The molecule has 2 aliphatic rings. The second-order valence-electron chi connectivity index (χ2n) is 9.07. The van der Waals surface area contributed by atoms with Gasteiger partial charge in [-0.1, -0.05) is 5.16 Å². The van der Waals surface area contributed by atoms with Gasteiger partial charge in [-0.2, -0.15) is 0 Å². The molecular weight excluding hydrogens is 584 g/mol. The fourth-order valence-corrected chi connectivity index (χ4v) is 6.57. The molecule has 2 unspecified atom stereocenters. The highest BCUT2D eigenvalue weighted by molar-refractivity contribution is 8.01. The minimum atomic E-state index is -1.76. The van der Waals surface area contributed by atoms with Crippen molar-refractivity contribution in [3.05, 3.63) is 34.6 Å². The van der Waals surface area contributed by atoms with Gasteiger partial charge in [0.25, 0.3) is 11.8 Å². The fraction of sp³-hybridized carbons (Fsp3) is 0.364. The predicted octanol–water partition coefficient (Wildman–Crippen LogP) is -0.358. The van der Waals surface area contributed by atoms with Crippen LogP contribution < -0.4 is 21.4 Å². The van der Waals surface area contributed by atoms with Gasteiger partial charge in [0.2, 0.25) is 11.4 Å².